The molecule has 1 fully saturated rings. The molecule has 0 spiro atoms. The number of unbranched alkanes of at least 4 members (excludes halogenated alkanes) is 1. The Balaban J connectivity index is 2.32. The molecule has 1 saturated carbocycles. The zero-order valence-electron chi connectivity index (χ0n) is 7.53. The molecule has 0 nitrogen and oxygen atoms in total. The van der Waals surface area contributed by atoms with Crippen molar-refractivity contribution in [2.24, 2.45) is 0 Å². The largest absolute Gasteiger partial charge is 0.0998 e. The molecule has 0 aromatic rings. The quantitative estimate of drug-likeness (QED) is 0.524. The minimum atomic E-state index is 1.23. The summed E-state index contributed by atoms with van der Waals surface area (Å²) < 4.78 is 0. The lowest BCUT2D eigenvalue weighted by molar-refractivity contribution is 0.722. The zero-order valence-corrected chi connectivity index (χ0v) is 7.53. The fourth-order valence-corrected chi connectivity index (χ4v) is 1.48. The fraction of sp³-hybridized carbons (Fsp3) is 0.636. The molecule has 0 saturated heterocycles. The Labute approximate surface area is 70.0 Å². The van der Waals surface area contributed by atoms with E-state index in [0.29, 0.717) is 0 Å². The average Bonchev–Trinajstić information content (AvgIpc) is 2.04. The maximum Gasteiger partial charge on any atom is -0.0283 e. The summed E-state index contributed by atoms with van der Waals surface area (Å²) >= 11 is 0. The van der Waals surface area contributed by atoms with E-state index < -0.39 is 0 Å². The molecule has 1 rings (SSSR count). The van der Waals surface area contributed by atoms with Crippen molar-refractivity contribution in [1.29, 1.82) is 0 Å². The van der Waals surface area contributed by atoms with E-state index in [1.807, 2.05) is 0 Å². The summed E-state index contributed by atoms with van der Waals surface area (Å²) in [7, 11) is 0. The van der Waals surface area contributed by atoms with Gasteiger partial charge in [0.1, 0.15) is 0 Å². The second kappa shape index (κ2) is 4.38. The highest BCUT2D eigenvalue weighted by atomic mass is 14.1. The highest BCUT2D eigenvalue weighted by Gasteiger charge is 2.06. The van der Waals surface area contributed by atoms with Crippen LogP contribution in [0.2, 0.25) is 0 Å². The molecule has 1 aliphatic rings. The van der Waals surface area contributed by atoms with Crippen LogP contribution in [0.5, 0.6) is 0 Å². The molecule has 0 unspecified atom stereocenters. The maximum atomic E-state index is 4.00. The van der Waals surface area contributed by atoms with Crippen LogP contribution < -0.4 is 0 Å². The lowest BCUT2D eigenvalue weighted by Crippen LogP contribution is -1.96. The summed E-state index contributed by atoms with van der Waals surface area (Å²) in [6, 6.07) is 0. The van der Waals surface area contributed by atoms with Crippen LogP contribution in [0, 0.1) is 0 Å². The zero-order chi connectivity index (χ0) is 8.10. The first-order chi connectivity index (χ1) is 5.33. The number of rotatable bonds is 2. The standard InChI is InChI=1S/C11H18/c1-3-4-5-11-8-6-10(2)7-9-11/h5H,2-4,6-9H2,1H3. The van der Waals surface area contributed by atoms with Crippen molar-refractivity contribution in [3.8, 4) is 0 Å². The van der Waals surface area contributed by atoms with Gasteiger partial charge in [0.2, 0.25) is 0 Å². The summed E-state index contributed by atoms with van der Waals surface area (Å²) in [4.78, 5) is 0. The minimum Gasteiger partial charge on any atom is -0.0998 e. The van der Waals surface area contributed by atoms with E-state index in [4.69, 9.17) is 0 Å². The first-order valence-corrected chi connectivity index (χ1v) is 4.67. The number of hydrogen-bond donors (Lipinski definition) is 0. The summed E-state index contributed by atoms with van der Waals surface area (Å²) in [5.41, 5.74) is 3.11. The first-order valence-electron chi connectivity index (χ1n) is 4.67. The Morgan fingerprint density at radius 2 is 1.91 bits per heavy atom. The van der Waals surface area contributed by atoms with Crippen LogP contribution in [0.25, 0.3) is 0 Å². The van der Waals surface area contributed by atoms with Crippen LogP contribution in [-0.2, 0) is 0 Å². The van der Waals surface area contributed by atoms with Crippen LogP contribution in [-0.4, -0.2) is 0 Å². The summed E-state index contributed by atoms with van der Waals surface area (Å²) in [6.07, 6.45) is 9.99. The molecule has 0 N–H and O–H groups in total. The first kappa shape index (κ1) is 8.58. The van der Waals surface area contributed by atoms with Crippen molar-refractivity contribution in [1.82, 2.24) is 0 Å². The molecule has 0 aromatic carbocycles. The molecule has 0 radical (unpaired) electrons. The molecule has 0 amide bonds. The average molecular weight is 150 g/mol. The fourth-order valence-electron chi connectivity index (χ4n) is 1.48. The van der Waals surface area contributed by atoms with Gasteiger partial charge in [-0.2, -0.15) is 0 Å². The van der Waals surface area contributed by atoms with Crippen LogP contribution in [0.1, 0.15) is 45.4 Å². The van der Waals surface area contributed by atoms with Crippen molar-refractivity contribution in [3.05, 3.63) is 23.8 Å². The molecule has 1 aliphatic carbocycles. The Hall–Kier alpha value is -0.520. The Bertz CT molecular complexity index is 151. The third-order valence-corrected chi connectivity index (χ3v) is 2.32. The normalized spacial score (nSPS) is 18.6. The summed E-state index contributed by atoms with van der Waals surface area (Å²) in [5, 5.41) is 0. The molecule has 0 heteroatoms. The van der Waals surface area contributed by atoms with Gasteiger partial charge in [0.05, 0.1) is 0 Å². The summed E-state index contributed by atoms with van der Waals surface area (Å²) in [6.45, 7) is 6.24. The lowest BCUT2D eigenvalue weighted by Gasteiger charge is -2.15. The number of allylic oxidation sites excluding steroid dienone is 3. The van der Waals surface area contributed by atoms with E-state index in [1.54, 1.807) is 5.57 Å². The Morgan fingerprint density at radius 3 is 2.45 bits per heavy atom. The predicted octanol–water partition coefficient (Wildman–Crippen LogP) is 3.84. The highest BCUT2D eigenvalue weighted by molar-refractivity contribution is 5.13. The lowest BCUT2D eigenvalue weighted by atomic mass is 9.91. The number of hydrogen-bond acceptors (Lipinski definition) is 0. The van der Waals surface area contributed by atoms with Gasteiger partial charge in [-0.1, -0.05) is 37.1 Å². The van der Waals surface area contributed by atoms with Gasteiger partial charge in [0, 0.05) is 0 Å². The third kappa shape index (κ3) is 2.92. The highest BCUT2D eigenvalue weighted by Crippen LogP contribution is 2.26. The van der Waals surface area contributed by atoms with Crippen molar-refractivity contribution in [2.75, 3.05) is 0 Å². The second-order valence-electron chi connectivity index (χ2n) is 3.40. The van der Waals surface area contributed by atoms with Gasteiger partial charge in [-0.05, 0) is 32.1 Å². The Morgan fingerprint density at radius 1 is 1.27 bits per heavy atom. The van der Waals surface area contributed by atoms with Crippen molar-refractivity contribution >= 4 is 0 Å². The maximum absolute atomic E-state index is 4.00. The van der Waals surface area contributed by atoms with Gasteiger partial charge < -0.3 is 0 Å². The van der Waals surface area contributed by atoms with E-state index >= 15 is 0 Å². The van der Waals surface area contributed by atoms with E-state index in [2.05, 4.69) is 19.6 Å². The topological polar surface area (TPSA) is 0 Å². The van der Waals surface area contributed by atoms with Crippen molar-refractivity contribution in [2.45, 2.75) is 45.4 Å². The molecule has 0 aliphatic heterocycles. The molecular formula is C11H18. The van der Waals surface area contributed by atoms with E-state index in [0.717, 1.165) is 0 Å². The molecule has 62 valence electrons. The van der Waals surface area contributed by atoms with Crippen LogP contribution >= 0.6 is 0 Å². The van der Waals surface area contributed by atoms with Gasteiger partial charge in [0.25, 0.3) is 0 Å². The molecule has 0 aromatic heterocycles. The Kier molecular flexibility index (Phi) is 3.41. The molecule has 0 atom stereocenters. The molecule has 0 bridgehead atoms. The van der Waals surface area contributed by atoms with Crippen LogP contribution in [0.3, 0.4) is 0 Å². The van der Waals surface area contributed by atoms with Gasteiger partial charge in [0.15, 0.2) is 0 Å². The van der Waals surface area contributed by atoms with Crippen molar-refractivity contribution in [3.63, 3.8) is 0 Å². The second-order valence-corrected chi connectivity index (χ2v) is 3.40. The van der Waals surface area contributed by atoms with Gasteiger partial charge in [-0.15, -0.1) is 0 Å². The summed E-state index contributed by atoms with van der Waals surface area (Å²) in [5.74, 6) is 0. The van der Waals surface area contributed by atoms with Crippen LogP contribution in [0.15, 0.2) is 23.8 Å². The van der Waals surface area contributed by atoms with E-state index in [9.17, 15) is 0 Å². The predicted molar refractivity (Wildman–Crippen MR) is 50.6 cm³/mol. The minimum absolute atomic E-state index is 1.23. The SMILES string of the molecule is C=C1CCC(=CCCC)CC1. The van der Waals surface area contributed by atoms with Gasteiger partial charge in [-0.3, -0.25) is 0 Å². The van der Waals surface area contributed by atoms with Gasteiger partial charge >= 0.3 is 0 Å². The molecule has 0 heterocycles. The smallest absolute Gasteiger partial charge is 0.0283 e. The molecule has 11 heavy (non-hydrogen) atoms. The monoisotopic (exact) mass is 150 g/mol. The van der Waals surface area contributed by atoms with E-state index in [-0.39, 0.29) is 0 Å². The third-order valence-electron chi connectivity index (χ3n) is 2.32. The van der Waals surface area contributed by atoms with Gasteiger partial charge in [-0.25, -0.2) is 0 Å². The van der Waals surface area contributed by atoms with E-state index in [1.165, 1.54) is 44.1 Å². The van der Waals surface area contributed by atoms with Crippen LogP contribution in [0.4, 0.5) is 0 Å². The van der Waals surface area contributed by atoms with Crippen molar-refractivity contribution < 1.29 is 0 Å². The molecular weight excluding hydrogens is 132 g/mol.